The summed E-state index contributed by atoms with van der Waals surface area (Å²) in [6, 6.07) is 5.91. The minimum Gasteiger partial charge on any atom is -0.366 e. The highest BCUT2D eigenvalue weighted by Gasteiger charge is 2.55. The molecule has 0 amide bonds. The van der Waals surface area contributed by atoms with Crippen LogP contribution in [0, 0.1) is 10.1 Å². The van der Waals surface area contributed by atoms with Crippen molar-refractivity contribution in [3.8, 4) is 0 Å². The second-order valence-electron chi connectivity index (χ2n) is 6.24. The summed E-state index contributed by atoms with van der Waals surface area (Å²) in [7, 11) is -7.75. The first kappa shape index (κ1) is 21.8. The molecule has 5 atom stereocenters. The molecular weight excluding hydrogens is 454 g/mol. The number of ether oxygens (including phenoxy) is 1. The lowest BCUT2D eigenvalue weighted by atomic mass is 10.1. The van der Waals surface area contributed by atoms with E-state index in [-0.39, 0.29) is 10.3 Å². The maximum Gasteiger partial charge on any atom is 0.269 e. The van der Waals surface area contributed by atoms with Gasteiger partial charge in [-0.05, 0) is 12.1 Å². The Morgan fingerprint density at radius 2 is 1.68 bits per heavy atom. The van der Waals surface area contributed by atoms with Crippen molar-refractivity contribution in [2.24, 2.45) is 0 Å². The van der Waals surface area contributed by atoms with Gasteiger partial charge in [-0.1, -0.05) is 0 Å². The van der Waals surface area contributed by atoms with Crippen molar-refractivity contribution in [2.75, 3.05) is 18.3 Å². The summed E-state index contributed by atoms with van der Waals surface area (Å²) in [6.07, 6.45) is -1.83. The van der Waals surface area contributed by atoms with Crippen LogP contribution in [0.3, 0.4) is 0 Å². The summed E-state index contributed by atoms with van der Waals surface area (Å²) < 4.78 is 62.3. The Bertz CT molecular complexity index is 948. The van der Waals surface area contributed by atoms with E-state index in [2.05, 4.69) is 0 Å². The lowest BCUT2D eigenvalue weighted by Gasteiger charge is -2.29. The Kier molecular flexibility index (Phi) is 6.29. The average Bonchev–Trinajstić information content (AvgIpc) is 2.81. The van der Waals surface area contributed by atoms with E-state index in [1.807, 2.05) is 0 Å². The summed E-state index contributed by atoms with van der Waals surface area (Å²) in [6.45, 7) is 0. The third-order valence-corrected chi connectivity index (χ3v) is 7.91. The number of thioether (sulfide) groups is 2. The molecule has 0 N–H and O–H groups in total. The first-order valence-electron chi connectivity index (χ1n) is 7.88. The van der Waals surface area contributed by atoms with E-state index in [1.54, 1.807) is 12.1 Å². The van der Waals surface area contributed by atoms with Crippen LogP contribution in [0.5, 0.6) is 0 Å². The van der Waals surface area contributed by atoms with Crippen molar-refractivity contribution in [3.05, 3.63) is 34.4 Å². The van der Waals surface area contributed by atoms with Gasteiger partial charge in [-0.15, -0.1) is 23.5 Å². The van der Waals surface area contributed by atoms with Crippen LogP contribution in [0.1, 0.15) is 0 Å². The second kappa shape index (κ2) is 8.08. The van der Waals surface area contributed by atoms with Crippen LogP contribution in [0.2, 0.25) is 0 Å². The Hall–Kier alpha value is -0.900. The van der Waals surface area contributed by atoms with Gasteiger partial charge in [-0.3, -0.25) is 18.5 Å². The number of benzene rings is 1. The lowest BCUT2D eigenvalue weighted by Crippen LogP contribution is -2.41. The summed E-state index contributed by atoms with van der Waals surface area (Å²) in [5, 5.41) is 10.8. The predicted octanol–water partition coefficient (Wildman–Crippen LogP) is 1.22. The molecule has 0 aromatic heterocycles. The van der Waals surface area contributed by atoms with Crippen LogP contribution in [0.4, 0.5) is 5.69 Å². The molecule has 0 saturated carbocycles. The first-order chi connectivity index (χ1) is 12.9. The van der Waals surface area contributed by atoms with E-state index < -0.39 is 49.6 Å². The normalized spacial score (nSPS) is 30.3. The molecule has 3 rings (SSSR count). The van der Waals surface area contributed by atoms with Crippen LogP contribution in [-0.2, 0) is 33.3 Å². The van der Waals surface area contributed by atoms with Crippen LogP contribution in [-0.4, -0.2) is 69.0 Å². The van der Waals surface area contributed by atoms with Crippen LogP contribution in [0.15, 0.2) is 29.2 Å². The Morgan fingerprint density at radius 1 is 1.11 bits per heavy atom. The zero-order valence-electron chi connectivity index (χ0n) is 14.7. The molecule has 0 spiro atoms. The fourth-order valence-corrected chi connectivity index (χ4v) is 6.98. The number of nitro groups is 1. The van der Waals surface area contributed by atoms with Crippen molar-refractivity contribution >= 4 is 49.4 Å². The van der Waals surface area contributed by atoms with Gasteiger partial charge < -0.3 is 4.74 Å². The molecule has 2 bridgehead atoms. The van der Waals surface area contributed by atoms with Gasteiger partial charge >= 0.3 is 0 Å². The largest absolute Gasteiger partial charge is 0.366 e. The van der Waals surface area contributed by atoms with Gasteiger partial charge in [-0.2, -0.15) is 16.8 Å². The summed E-state index contributed by atoms with van der Waals surface area (Å²) >= 11 is 2.79. The van der Waals surface area contributed by atoms with Gasteiger partial charge in [0.05, 0.1) is 28.1 Å². The molecule has 2 saturated heterocycles. The van der Waals surface area contributed by atoms with E-state index in [0.29, 0.717) is 5.75 Å². The highest BCUT2D eigenvalue weighted by molar-refractivity contribution is 8.17. The highest BCUT2D eigenvalue weighted by Crippen LogP contribution is 2.47. The van der Waals surface area contributed by atoms with E-state index in [0.717, 1.165) is 17.4 Å². The number of hydrogen-bond donors (Lipinski definition) is 0. The molecule has 0 aliphatic carbocycles. The predicted molar refractivity (Wildman–Crippen MR) is 103 cm³/mol. The molecule has 2 aliphatic heterocycles. The van der Waals surface area contributed by atoms with Crippen molar-refractivity contribution in [3.63, 3.8) is 0 Å². The van der Waals surface area contributed by atoms with Crippen molar-refractivity contribution in [1.29, 1.82) is 0 Å². The van der Waals surface area contributed by atoms with Crippen LogP contribution >= 0.6 is 23.5 Å². The zero-order chi connectivity index (χ0) is 20.7. The number of hydrogen-bond acceptors (Lipinski definition) is 11. The molecule has 0 radical (unpaired) electrons. The van der Waals surface area contributed by atoms with Gasteiger partial charge in [0.25, 0.3) is 25.9 Å². The number of rotatable bonds is 7. The summed E-state index contributed by atoms with van der Waals surface area (Å²) in [5.41, 5.74) is -0.0438. The molecular formula is C14H17NO9S4. The highest BCUT2D eigenvalue weighted by atomic mass is 32.2. The van der Waals surface area contributed by atoms with E-state index in [9.17, 15) is 26.9 Å². The van der Waals surface area contributed by atoms with Crippen LogP contribution < -0.4 is 0 Å². The standard InChI is InChI=1S/C14H17NO9S4/c1-27(18,19)23-11-10-7-25-14(13(22-10)12(11)24-28(2,20)21)26-9-5-3-8(4-6-9)15(16)17/h3-6,10-14H,7H2,1-2H3/t10-,11-,12+,13+,14-/m1/s1. The topological polar surface area (TPSA) is 139 Å². The Labute approximate surface area is 170 Å². The van der Waals surface area contributed by atoms with Gasteiger partial charge in [0.2, 0.25) is 0 Å². The molecule has 14 heteroatoms. The third-order valence-electron chi connectivity index (χ3n) is 3.91. The molecule has 28 heavy (non-hydrogen) atoms. The Balaban J connectivity index is 1.82. The van der Waals surface area contributed by atoms with E-state index in [4.69, 9.17) is 13.1 Å². The van der Waals surface area contributed by atoms with E-state index >= 15 is 0 Å². The Morgan fingerprint density at radius 3 is 2.21 bits per heavy atom. The molecule has 1 aromatic carbocycles. The molecule has 2 heterocycles. The van der Waals surface area contributed by atoms with Crippen molar-refractivity contribution in [2.45, 2.75) is 33.9 Å². The first-order valence-corrected chi connectivity index (χ1v) is 13.4. The zero-order valence-corrected chi connectivity index (χ0v) is 17.9. The monoisotopic (exact) mass is 471 g/mol. The maximum absolute atomic E-state index is 11.7. The van der Waals surface area contributed by atoms with E-state index in [1.165, 1.54) is 35.7 Å². The summed E-state index contributed by atoms with van der Waals surface area (Å²) in [4.78, 5) is 11.0. The van der Waals surface area contributed by atoms with Gasteiger partial charge in [0.1, 0.15) is 18.3 Å². The van der Waals surface area contributed by atoms with Crippen LogP contribution in [0.25, 0.3) is 0 Å². The third kappa shape index (κ3) is 5.37. The number of nitrogens with zero attached hydrogens (tertiary/aromatic N) is 1. The quantitative estimate of drug-likeness (QED) is 0.322. The fraction of sp³-hybridized carbons (Fsp3) is 0.571. The van der Waals surface area contributed by atoms with Crippen molar-refractivity contribution in [1.82, 2.24) is 0 Å². The minimum absolute atomic E-state index is 0.0438. The SMILES string of the molecule is CS(=O)(=O)O[C@@H]1[C@@H]2O[C@H](CS[C@@H]2Sc2ccc([N+](=O)[O-])cc2)[C@H]1OS(C)(=O)=O. The van der Waals surface area contributed by atoms with Gasteiger partial charge in [0.15, 0.2) is 0 Å². The molecule has 1 aromatic rings. The number of non-ortho nitro benzene ring substituents is 1. The number of fused-ring (bicyclic) bond motifs is 2. The molecule has 2 aliphatic rings. The fourth-order valence-electron chi connectivity index (χ4n) is 2.90. The maximum atomic E-state index is 11.7. The van der Waals surface area contributed by atoms with Gasteiger partial charge in [0, 0.05) is 22.8 Å². The molecule has 10 nitrogen and oxygen atoms in total. The molecule has 0 unspecified atom stereocenters. The average molecular weight is 472 g/mol. The smallest absolute Gasteiger partial charge is 0.269 e. The second-order valence-corrected chi connectivity index (χ2v) is 12.1. The lowest BCUT2D eigenvalue weighted by molar-refractivity contribution is -0.384. The number of nitro benzene ring substituents is 1. The molecule has 156 valence electrons. The molecule has 2 fully saturated rings. The van der Waals surface area contributed by atoms with Crippen molar-refractivity contribution < 1.29 is 34.9 Å². The van der Waals surface area contributed by atoms with Gasteiger partial charge in [-0.25, -0.2) is 0 Å². The minimum atomic E-state index is -3.89. The summed E-state index contributed by atoms with van der Waals surface area (Å²) in [5.74, 6) is 0.380.